The van der Waals surface area contributed by atoms with Gasteiger partial charge in [-0.3, -0.25) is 4.79 Å². The Morgan fingerprint density at radius 2 is 2.26 bits per heavy atom. The summed E-state index contributed by atoms with van der Waals surface area (Å²) in [4.78, 5) is 11.8. The van der Waals surface area contributed by atoms with Crippen LogP contribution in [0.25, 0.3) is 0 Å². The van der Waals surface area contributed by atoms with E-state index in [-0.39, 0.29) is 5.91 Å². The lowest BCUT2D eigenvalue weighted by Crippen LogP contribution is -2.28. The molecule has 2 heterocycles. The van der Waals surface area contributed by atoms with Crippen molar-refractivity contribution < 1.29 is 4.79 Å². The van der Waals surface area contributed by atoms with Crippen molar-refractivity contribution in [3.8, 4) is 0 Å². The van der Waals surface area contributed by atoms with E-state index < -0.39 is 0 Å². The van der Waals surface area contributed by atoms with Crippen molar-refractivity contribution in [2.24, 2.45) is 5.92 Å². The highest BCUT2D eigenvalue weighted by molar-refractivity contribution is 8.01. The molecule has 0 aromatic carbocycles. The molecule has 1 fully saturated rings. The summed E-state index contributed by atoms with van der Waals surface area (Å²) in [6, 6.07) is 0. The van der Waals surface area contributed by atoms with Crippen LogP contribution in [0.4, 0.5) is 5.13 Å². The number of thioether (sulfide) groups is 1. The monoisotopic (exact) mass is 300 g/mol. The minimum absolute atomic E-state index is 0.0581. The first-order valence-electron chi connectivity index (χ1n) is 6.74. The predicted octanol–water partition coefficient (Wildman–Crippen LogP) is 2.37. The van der Waals surface area contributed by atoms with Gasteiger partial charge < -0.3 is 10.6 Å². The molecule has 1 amide bonds. The number of rotatable bonds is 6. The van der Waals surface area contributed by atoms with E-state index in [0.29, 0.717) is 17.5 Å². The molecule has 0 aliphatic carbocycles. The maximum absolute atomic E-state index is 11.8. The Labute approximate surface area is 122 Å². The van der Waals surface area contributed by atoms with Crippen LogP contribution in [0.1, 0.15) is 32.6 Å². The van der Waals surface area contributed by atoms with Gasteiger partial charge in [-0.2, -0.15) is 0 Å². The fourth-order valence-electron chi connectivity index (χ4n) is 2.13. The SMILES string of the molecule is CCSc1nnc(NC(=O)CCC2CCNCC2)s1. The number of amides is 1. The number of hydrogen-bond donors (Lipinski definition) is 2. The lowest BCUT2D eigenvalue weighted by molar-refractivity contribution is -0.116. The van der Waals surface area contributed by atoms with Crippen LogP contribution < -0.4 is 10.6 Å². The van der Waals surface area contributed by atoms with Gasteiger partial charge in [0.2, 0.25) is 11.0 Å². The fraction of sp³-hybridized carbons (Fsp3) is 0.750. The quantitative estimate of drug-likeness (QED) is 0.623. The molecule has 7 heteroatoms. The predicted molar refractivity (Wildman–Crippen MR) is 79.8 cm³/mol. The first kappa shape index (κ1) is 14.7. The largest absolute Gasteiger partial charge is 0.317 e. The molecule has 1 aliphatic heterocycles. The van der Waals surface area contributed by atoms with Crippen molar-refractivity contribution in [3.05, 3.63) is 0 Å². The molecule has 0 radical (unpaired) electrons. The molecule has 0 unspecified atom stereocenters. The Morgan fingerprint density at radius 3 is 3.00 bits per heavy atom. The van der Waals surface area contributed by atoms with Crippen LogP contribution in [0.5, 0.6) is 0 Å². The van der Waals surface area contributed by atoms with Crippen molar-refractivity contribution in [2.45, 2.75) is 36.9 Å². The first-order valence-corrected chi connectivity index (χ1v) is 8.55. The van der Waals surface area contributed by atoms with Crippen LogP contribution in [-0.2, 0) is 4.79 Å². The van der Waals surface area contributed by atoms with Gasteiger partial charge in [-0.05, 0) is 44.0 Å². The molecule has 2 rings (SSSR count). The van der Waals surface area contributed by atoms with Gasteiger partial charge in [0, 0.05) is 6.42 Å². The third-order valence-corrected chi connectivity index (χ3v) is 5.01. The van der Waals surface area contributed by atoms with E-state index in [1.807, 2.05) is 0 Å². The Kier molecular flexibility index (Phi) is 6.06. The zero-order valence-corrected chi connectivity index (χ0v) is 12.8. The molecule has 0 bridgehead atoms. The van der Waals surface area contributed by atoms with Crippen LogP contribution in [-0.4, -0.2) is 34.9 Å². The molecular formula is C12H20N4OS2. The van der Waals surface area contributed by atoms with E-state index in [1.165, 1.54) is 24.2 Å². The average molecular weight is 300 g/mol. The molecule has 0 atom stereocenters. The number of anilines is 1. The summed E-state index contributed by atoms with van der Waals surface area (Å²) in [5.41, 5.74) is 0. The van der Waals surface area contributed by atoms with E-state index in [4.69, 9.17) is 0 Å². The summed E-state index contributed by atoms with van der Waals surface area (Å²) in [7, 11) is 0. The number of hydrogen-bond acceptors (Lipinski definition) is 6. The molecule has 19 heavy (non-hydrogen) atoms. The first-order chi connectivity index (χ1) is 9.28. The lowest BCUT2D eigenvalue weighted by atomic mass is 9.93. The second-order valence-corrected chi connectivity index (χ2v) is 7.08. The number of nitrogens with one attached hydrogen (secondary N) is 2. The second kappa shape index (κ2) is 7.81. The molecule has 1 aromatic rings. The summed E-state index contributed by atoms with van der Waals surface area (Å²) in [6.07, 6.45) is 3.93. The van der Waals surface area contributed by atoms with E-state index in [9.17, 15) is 4.79 Å². The molecule has 1 aromatic heterocycles. The highest BCUT2D eigenvalue weighted by Crippen LogP contribution is 2.25. The van der Waals surface area contributed by atoms with Gasteiger partial charge in [-0.1, -0.05) is 30.0 Å². The van der Waals surface area contributed by atoms with Gasteiger partial charge in [-0.15, -0.1) is 10.2 Å². The standard InChI is InChI=1S/C12H20N4OS2/c1-2-18-12-16-15-11(19-12)14-10(17)4-3-9-5-7-13-8-6-9/h9,13H,2-8H2,1H3,(H,14,15,17). The maximum Gasteiger partial charge on any atom is 0.226 e. The van der Waals surface area contributed by atoms with E-state index >= 15 is 0 Å². The molecule has 1 aliphatic rings. The van der Waals surface area contributed by atoms with Gasteiger partial charge in [0.15, 0.2) is 4.34 Å². The van der Waals surface area contributed by atoms with Crippen molar-refractivity contribution in [2.75, 3.05) is 24.2 Å². The second-order valence-electron chi connectivity index (χ2n) is 4.59. The lowest BCUT2D eigenvalue weighted by Gasteiger charge is -2.21. The Morgan fingerprint density at radius 1 is 1.47 bits per heavy atom. The average Bonchev–Trinajstić information content (AvgIpc) is 2.85. The van der Waals surface area contributed by atoms with Crippen LogP contribution in [0.2, 0.25) is 0 Å². The van der Waals surface area contributed by atoms with Crippen molar-refractivity contribution >= 4 is 34.1 Å². The summed E-state index contributed by atoms with van der Waals surface area (Å²) < 4.78 is 0.913. The molecule has 5 nitrogen and oxygen atoms in total. The number of piperidine rings is 1. The Balaban J connectivity index is 1.70. The molecular weight excluding hydrogens is 280 g/mol. The number of carbonyl (C=O) groups is 1. The normalized spacial score (nSPS) is 16.5. The minimum atomic E-state index is 0.0581. The van der Waals surface area contributed by atoms with Crippen LogP contribution >= 0.6 is 23.1 Å². The van der Waals surface area contributed by atoms with Crippen molar-refractivity contribution in [3.63, 3.8) is 0 Å². The third-order valence-electron chi connectivity index (χ3n) is 3.16. The third kappa shape index (κ3) is 5.08. The van der Waals surface area contributed by atoms with Gasteiger partial charge in [-0.25, -0.2) is 0 Å². The fourth-order valence-corrected chi connectivity index (χ4v) is 3.79. The summed E-state index contributed by atoms with van der Waals surface area (Å²) in [5, 5.41) is 14.8. The van der Waals surface area contributed by atoms with Gasteiger partial charge in [0.25, 0.3) is 0 Å². The summed E-state index contributed by atoms with van der Waals surface area (Å²) in [6.45, 7) is 4.24. The maximum atomic E-state index is 11.8. The number of aromatic nitrogens is 2. The Bertz CT molecular complexity index is 404. The van der Waals surface area contributed by atoms with E-state index in [1.54, 1.807) is 11.8 Å². The van der Waals surface area contributed by atoms with Gasteiger partial charge in [0.05, 0.1) is 0 Å². The summed E-state index contributed by atoms with van der Waals surface area (Å²) >= 11 is 3.09. The molecule has 0 spiro atoms. The highest BCUT2D eigenvalue weighted by Gasteiger charge is 2.15. The van der Waals surface area contributed by atoms with Gasteiger partial charge >= 0.3 is 0 Å². The highest BCUT2D eigenvalue weighted by atomic mass is 32.2. The smallest absolute Gasteiger partial charge is 0.226 e. The van der Waals surface area contributed by atoms with Crippen molar-refractivity contribution in [1.82, 2.24) is 15.5 Å². The Hall–Kier alpha value is -0.660. The molecule has 1 saturated heterocycles. The van der Waals surface area contributed by atoms with E-state index in [2.05, 4.69) is 27.8 Å². The summed E-state index contributed by atoms with van der Waals surface area (Å²) in [5.74, 6) is 1.72. The molecule has 2 N–H and O–H groups in total. The number of nitrogens with zero attached hydrogens (tertiary/aromatic N) is 2. The zero-order chi connectivity index (χ0) is 13.5. The van der Waals surface area contributed by atoms with Crippen LogP contribution in [0.15, 0.2) is 4.34 Å². The minimum Gasteiger partial charge on any atom is -0.317 e. The molecule has 0 saturated carbocycles. The molecule has 106 valence electrons. The number of carbonyl (C=O) groups excluding carboxylic acids is 1. The van der Waals surface area contributed by atoms with Gasteiger partial charge in [0.1, 0.15) is 0 Å². The van der Waals surface area contributed by atoms with E-state index in [0.717, 1.165) is 29.6 Å². The topological polar surface area (TPSA) is 66.9 Å². The van der Waals surface area contributed by atoms with Crippen molar-refractivity contribution in [1.29, 1.82) is 0 Å². The van der Waals surface area contributed by atoms with Crippen LogP contribution in [0, 0.1) is 5.92 Å². The van der Waals surface area contributed by atoms with Crippen LogP contribution in [0.3, 0.4) is 0 Å². The zero-order valence-electron chi connectivity index (χ0n) is 11.1.